The fourth-order valence-corrected chi connectivity index (χ4v) is 3.77. The van der Waals surface area contributed by atoms with Crippen LogP contribution in [-0.2, 0) is 10.0 Å². The summed E-state index contributed by atoms with van der Waals surface area (Å²) in [6.45, 7) is 2.75. The lowest BCUT2D eigenvalue weighted by Gasteiger charge is -2.21. The zero-order valence-electron chi connectivity index (χ0n) is 11.8. The van der Waals surface area contributed by atoms with Crippen molar-refractivity contribution < 1.29 is 13.2 Å². The lowest BCUT2D eigenvalue weighted by Crippen LogP contribution is -2.37. The highest BCUT2D eigenvalue weighted by molar-refractivity contribution is 7.89. The van der Waals surface area contributed by atoms with Gasteiger partial charge in [-0.15, -0.1) is 0 Å². The van der Waals surface area contributed by atoms with E-state index in [1.807, 2.05) is 6.92 Å². The summed E-state index contributed by atoms with van der Waals surface area (Å²) in [5, 5.41) is 0. The van der Waals surface area contributed by atoms with Crippen LogP contribution >= 0.6 is 0 Å². The Morgan fingerprint density at radius 1 is 1.40 bits per heavy atom. The summed E-state index contributed by atoms with van der Waals surface area (Å²) >= 11 is 0. The van der Waals surface area contributed by atoms with Gasteiger partial charge in [-0.3, -0.25) is 0 Å². The maximum absolute atomic E-state index is 12.3. The molecule has 0 saturated heterocycles. The van der Waals surface area contributed by atoms with E-state index in [1.54, 1.807) is 28.6 Å². The maximum Gasteiger partial charge on any atom is 0.217 e. The van der Waals surface area contributed by atoms with Crippen LogP contribution < -0.4 is 10.5 Å². The van der Waals surface area contributed by atoms with E-state index < -0.39 is 10.0 Å². The van der Waals surface area contributed by atoms with Gasteiger partial charge >= 0.3 is 0 Å². The largest absolute Gasteiger partial charge is 0.492 e. The lowest BCUT2D eigenvalue weighted by atomic mass is 10.3. The van der Waals surface area contributed by atoms with Crippen molar-refractivity contribution in [3.8, 4) is 5.75 Å². The molecule has 1 aromatic rings. The van der Waals surface area contributed by atoms with E-state index in [0.717, 1.165) is 19.3 Å². The minimum Gasteiger partial charge on any atom is -0.492 e. The zero-order chi connectivity index (χ0) is 14.6. The molecule has 2 N–H and O–H groups in total. The van der Waals surface area contributed by atoms with Crippen molar-refractivity contribution in [1.29, 1.82) is 0 Å². The smallest absolute Gasteiger partial charge is 0.217 e. The third-order valence-electron chi connectivity index (χ3n) is 3.22. The molecule has 0 atom stereocenters. The van der Waals surface area contributed by atoms with Gasteiger partial charge in [0.05, 0.1) is 5.75 Å². The number of anilines is 1. The molecule has 6 heteroatoms. The van der Waals surface area contributed by atoms with Crippen LogP contribution in [0.2, 0.25) is 0 Å². The third-order valence-corrected chi connectivity index (χ3v) is 5.10. The van der Waals surface area contributed by atoms with E-state index in [0.29, 0.717) is 18.0 Å². The molecule has 0 unspecified atom stereocenters. The van der Waals surface area contributed by atoms with Gasteiger partial charge in [0.25, 0.3) is 0 Å². The van der Waals surface area contributed by atoms with Crippen molar-refractivity contribution in [2.24, 2.45) is 0 Å². The molecule has 112 valence electrons. The zero-order valence-corrected chi connectivity index (χ0v) is 12.6. The summed E-state index contributed by atoms with van der Waals surface area (Å²) in [5.41, 5.74) is 6.25. The Bertz CT molecular complexity index is 541. The number of rotatable bonds is 8. The molecule has 0 amide bonds. The van der Waals surface area contributed by atoms with Gasteiger partial charge in [-0.2, -0.15) is 4.31 Å². The summed E-state index contributed by atoms with van der Waals surface area (Å²) in [6, 6.07) is 7.23. The molecule has 1 saturated carbocycles. The summed E-state index contributed by atoms with van der Waals surface area (Å²) in [4.78, 5) is 0. The van der Waals surface area contributed by atoms with Gasteiger partial charge in [0.2, 0.25) is 10.0 Å². The van der Waals surface area contributed by atoms with Crippen LogP contribution in [0.15, 0.2) is 24.3 Å². The van der Waals surface area contributed by atoms with Crippen LogP contribution in [-0.4, -0.2) is 37.7 Å². The molecular formula is C14H22N2O3S. The summed E-state index contributed by atoms with van der Waals surface area (Å²) in [6.07, 6.45) is 2.80. The van der Waals surface area contributed by atoms with Crippen LogP contribution in [0.4, 0.5) is 5.69 Å². The predicted octanol–water partition coefficient (Wildman–Crippen LogP) is 1.85. The Balaban J connectivity index is 1.88. The second-order valence-corrected chi connectivity index (χ2v) is 7.12. The molecular weight excluding hydrogens is 276 g/mol. The number of hydrogen-bond donors (Lipinski definition) is 1. The monoisotopic (exact) mass is 298 g/mol. The Morgan fingerprint density at radius 3 is 2.75 bits per heavy atom. The van der Waals surface area contributed by atoms with Gasteiger partial charge in [0.15, 0.2) is 0 Å². The predicted molar refractivity (Wildman–Crippen MR) is 80.2 cm³/mol. The maximum atomic E-state index is 12.3. The molecule has 0 aromatic heterocycles. The Labute approximate surface area is 120 Å². The highest BCUT2D eigenvalue weighted by Gasteiger charge is 2.36. The van der Waals surface area contributed by atoms with Crippen molar-refractivity contribution in [1.82, 2.24) is 4.31 Å². The molecule has 5 nitrogen and oxygen atoms in total. The van der Waals surface area contributed by atoms with E-state index in [2.05, 4.69) is 0 Å². The lowest BCUT2D eigenvalue weighted by molar-refractivity contribution is 0.333. The quantitative estimate of drug-likeness (QED) is 0.743. The molecule has 20 heavy (non-hydrogen) atoms. The average Bonchev–Trinajstić information content (AvgIpc) is 3.20. The number of benzene rings is 1. The Morgan fingerprint density at radius 2 is 2.15 bits per heavy atom. The molecule has 0 spiro atoms. The van der Waals surface area contributed by atoms with Gasteiger partial charge in [0, 0.05) is 24.3 Å². The van der Waals surface area contributed by atoms with Crippen molar-refractivity contribution in [2.45, 2.75) is 32.2 Å². The number of sulfonamides is 1. The van der Waals surface area contributed by atoms with Crippen LogP contribution in [0.25, 0.3) is 0 Å². The minimum absolute atomic E-state index is 0.0122. The highest BCUT2D eigenvalue weighted by atomic mass is 32.2. The van der Waals surface area contributed by atoms with E-state index in [-0.39, 0.29) is 18.4 Å². The number of ether oxygens (including phenoxy) is 1. The molecule has 1 aromatic carbocycles. The van der Waals surface area contributed by atoms with E-state index in [4.69, 9.17) is 10.5 Å². The Hall–Kier alpha value is -1.27. The minimum atomic E-state index is -3.22. The molecule has 1 aliphatic rings. The summed E-state index contributed by atoms with van der Waals surface area (Å²) in [7, 11) is -3.22. The van der Waals surface area contributed by atoms with Crippen LogP contribution in [0.5, 0.6) is 5.75 Å². The normalized spacial score (nSPS) is 15.5. The highest BCUT2D eigenvalue weighted by Crippen LogP contribution is 2.29. The molecule has 0 aliphatic heterocycles. The van der Waals surface area contributed by atoms with Crippen molar-refractivity contribution in [3.63, 3.8) is 0 Å². The first-order valence-electron chi connectivity index (χ1n) is 7.01. The molecule has 1 fully saturated rings. The van der Waals surface area contributed by atoms with Crippen molar-refractivity contribution in [3.05, 3.63) is 24.3 Å². The Kier molecular flexibility index (Phi) is 4.88. The van der Waals surface area contributed by atoms with Gasteiger partial charge in [-0.05, 0) is 31.4 Å². The second-order valence-electron chi connectivity index (χ2n) is 5.08. The number of nitrogen functional groups attached to an aromatic ring is 1. The van der Waals surface area contributed by atoms with Gasteiger partial charge in [-0.1, -0.05) is 13.0 Å². The first-order chi connectivity index (χ1) is 9.53. The SMILES string of the molecule is CCCN(C1CC1)S(=O)(=O)CCOc1cccc(N)c1. The molecule has 0 heterocycles. The number of nitrogens with two attached hydrogens (primary N) is 1. The van der Waals surface area contributed by atoms with Gasteiger partial charge in [0.1, 0.15) is 12.4 Å². The van der Waals surface area contributed by atoms with Crippen LogP contribution in [0.3, 0.4) is 0 Å². The van der Waals surface area contributed by atoms with E-state index in [9.17, 15) is 8.42 Å². The fraction of sp³-hybridized carbons (Fsp3) is 0.571. The van der Waals surface area contributed by atoms with Crippen LogP contribution in [0, 0.1) is 0 Å². The van der Waals surface area contributed by atoms with E-state index >= 15 is 0 Å². The fourth-order valence-electron chi connectivity index (χ4n) is 2.12. The number of hydrogen-bond acceptors (Lipinski definition) is 4. The van der Waals surface area contributed by atoms with Gasteiger partial charge in [-0.25, -0.2) is 8.42 Å². The molecule has 0 radical (unpaired) electrons. The van der Waals surface area contributed by atoms with E-state index in [1.165, 1.54) is 0 Å². The van der Waals surface area contributed by atoms with Crippen LogP contribution in [0.1, 0.15) is 26.2 Å². The van der Waals surface area contributed by atoms with Gasteiger partial charge < -0.3 is 10.5 Å². The molecule has 1 aliphatic carbocycles. The molecule has 0 bridgehead atoms. The van der Waals surface area contributed by atoms with Crippen molar-refractivity contribution >= 4 is 15.7 Å². The van der Waals surface area contributed by atoms with Crippen molar-refractivity contribution in [2.75, 3.05) is 24.6 Å². The summed E-state index contributed by atoms with van der Waals surface area (Å²) < 4.78 is 31.7. The standard InChI is InChI=1S/C14H22N2O3S/c1-2-8-16(13-6-7-13)20(17,18)10-9-19-14-5-3-4-12(15)11-14/h3-5,11,13H,2,6-10,15H2,1H3. The third kappa shape index (κ3) is 4.11. The molecule has 2 rings (SSSR count). The first kappa shape index (κ1) is 15.1. The average molecular weight is 298 g/mol. The summed E-state index contributed by atoms with van der Waals surface area (Å²) in [5.74, 6) is 0.617. The first-order valence-corrected chi connectivity index (χ1v) is 8.61. The second kappa shape index (κ2) is 6.45. The number of nitrogens with zero attached hydrogens (tertiary/aromatic N) is 1. The topological polar surface area (TPSA) is 72.6 Å².